The van der Waals surface area contributed by atoms with Crippen molar-refractivity contribution in [2.24, 2.45) is 0 Å². The molecule has 1 aliphatic rings. The van der Waals surface area contributed by atoms with E-state index in [2.05, 4.69) is 28.5 Å². The second-order valence-electron chi connectivity index (χ2n) is 11.1. The lowest BCUT2D eigenvalue weighted by Gasteiger charge is -2.23. The largest absolute Gasteiger partial charge is 0.340 e. The van der Waals surface area contributed by atoms with E-state index in [1.165, 1.54) is 18.1 Å². The minimum Gasteiger partial charge on any atom is -0.340 e. The molecule has 0 spiro atoms. The number of H-pyrrole nitrogens is 1. The van der Waals surface area contributed by atoms with E-state index < -0.39 is 0 Å². The minimum atomic E-state index is -0.195. The first kappa shape index (κ1) is 29.0. The van der Waals surface area contributed by atoms with E-state index in [-0.39, 0.29) is 30.3 Å². The Morgan fingerprint density at radius 1 is 0.976 bits per heavy atom. The van der Waals surface area contributed by atoms with Crippen molar-refractivity contribution in [2.75, 3.05) is 25.0 Å². The highest BCUT2D eigenvalue weighted by Crippen LogP contribution is 2.32. The standard InChI is InChI=1S/C34H39N5O3/c1-3-19-38(24(2)40)23-32(41)35-28-16-13-25(14-17-28)11-12-27-15-18-29-30(21-27)37-34(36-29)31-10-7-20-39(31)33(42)22-26-8-5-4-6-9-26/h4-6,8-9,13-18,21,31H,3,7,10-12,19-20,22-23H2,1-2H3,(H,35,41)(H,36,37)/t31-/m0/s1. The van der Waals surface area contributed by atoms with Crippen LogP contribution in [0.15, 0.2) is 72.8 Å². The molecule has 0 saturated carbocycles. The number of aromatic amines is 1. The molecule has 0 bridgehead atoms. The van der Waals surface area contributed by atoms with Crippen LogP contribution in [0.3, 0.4) is 0 Å². The number of imidazole rings is 1. The number of rotatable bonds is 11. The Labute approximate surface area is 247 Å². The van der Waals surface area contributed by atoms with Gasteiger partial charge < -0.3 is 20.1 Å². The second kappa shape index (κ2) is 13.5. The van der Waals surface area contributed by atoms with E-state index in [4.69, 9.17) is 4.98 Å². The first-order valence-corrected chi connectivity index (χ1v) is 14.9. The highest BCUT2D eigenvalue weighted by Gasteiger charge is 2.32. The predicted molar refractivity (Wildman–Crippen MR) is 165 cm³/mol. The first-order chi connectivity index (χ1) is 20.4. The quantitative estimate of drug-likeness (QED) is 0.253. The number of hydrogen-bond donors (Lipinski definition) is 2. The summed E-state index contributed by atoms with van der Waals surface area (Å²) in [4.78, 5) is 49.1. The van der Waals surface area contributed by atoms with Crippen LogP contribution in [0.25, 0.3) is 11.0 Å². The Bertz CT molecular complexity index is 1530. The van der Waals surface area contributed by atoms with Crippen LogP contribution in [-0.4, -0.2) is 57.1 Å². The highest BCUT2D eigenvalue weighted by molar-refractivity contribution is 5.94. The van der Waals surface area contributed by atoms with Crippen molar-refractivity contribution in [1.82, 2.24) is 19.8 Å². The summed E-state index contributed by atoms with van der Waals surface area (Å²) in [6.07, 6.45) is 4.84. The zero-order valence-electron chi connectivity index (χ0n) is 24.4. The monoisotopic (exact) mass is 565 g/mol. The number of hydrogen-bond acceptors (Lipinski definition) is 4. The summed E-state index contributed by atoms with van der Waals surface area (Å²) < 4.78 is 0. The third kappa shape index (κ3) is 7.24. The van der Waals surface area contributed by atoms with E-state index in [0.29, 0.717) is 13.0 Å². The topological polar surface area (TPSA) is 98.4 Å². The number of likely N-dealkylation sites (tertiary alicyclic amines) is 1. The molecular weight excluding hydrogens is 526 g/mol. The molecule has 1 aliphatic heterocycles. The molecule has 8 nitrogen and oxygen atoms in total. The van der Waals surface area contributed by atoms with Gasteiger partial charge >= 0.3 is 0 Å². The molecule has 1 aromatic heterocycles. The van der Waals surface area contributed by atoms with Gasteiger partial charge in [0.1, 0.15) is 5.82 Å². The van der Waals surface area contributed by atoms with Crippen molar-refractivity contribution in [3.05, 3.63) is 95.3 Å². The van der Waals surface area contributed by atoms with Gasteiger partial charge in [-0.1, -0.05) is 55.5 Å². The van der Waals surface area contributed by atoms with Gasteiger partial charge in [-0.3, -0.25) is 14.4 Å². The molecule has 3 amide bonds. The maximum atomic E-state index is 13.1. The lowest BCUT2D eigenvalue weighted by molar-refractivity contribution is -0.132. The molecule has 4 aromatic rings. The maximum absolute atomic E-state index is 13.1. The number of carbonyl (C=O) groups excluding carboxylic acids is 3. The number of aromatic nitrogens is 2. The second-order valence-corrected chi connectivity index (χ2v) is 11.1. The fourth-order valence-electron chi connectivity index (χ4n) is 5.65. The van der Waals surface area contributed by atoms with Crippen LogP contribution in [0, 0.1) is 0 Å². The van der Waals surface area contributed by atoms with Crippen LogP contribution < -0.4 is 5.32 Å². The van der Waals surface area contributed by atoms with E-state index in [1.54, 1.807) is 4.90 Å². The van der Waals surface area contributed by atoms with Gasteiger partial charge in [0, 0.05) is 25.7 Å². The van der Waals surface area contributed by atoms with Crippen molar-refractivity contribution in [2.45, 2.75) is 58.4 Å². The van der Waals surface area contributed by atoms with Gasteiger partial charge in [-0.05, 0) is 73.1 Å². The normalized spacial score (nSPS) is 14.7. The number of anilines is 1. The molecule has 2 heterocycles. The van der Waals surface area contributed by atoms with Crippen LogP contribution in [-0.2, 0) is 33.6 Å². The number of nitrogens with zero attached hydrogens (tertiary/aromatic N) is 3. The summed E-state index contributed by atoms with van der Waals surface area (Å²) in [5.41, 5.74) is 6.04. The van der Waals surface area contributed by atoms with Crippen molar-refractivity contribution in [3.63, 3.8) is 0 Å². The van der Waals surface area contributed by atoms with Crippen LogP contribution in [0.2, 0.25) is 0 Å². The Morgan fingerprint density at radius 2 is 1.71 bits per heavy atom. The first-order valence-electron chi connectivity index (χ1n) is 14.9. The van der Waals surface area contributed by atoms with Crippen LogP contribution in [0.4, 0.5) is 5.69 Å². The SMILES string of the molecule is CCCN(CC(=O)Nc1ccc(CCc2ccc3nc([C@@H]4CCCN4C(=O)Cc4ccccc4)[nH]c3c2)cc1)C(C)=O. The van der Waals surface area contributed by atoms with Gasteiger partial charge in [0.25, 0.3) is 0 Å². The molecule has 42 heavy (non-hydrogen) atoms. The minimum absolute atomic E-state index is 0.0201. The van der Waals surface area contributed by atoms with Crippen molar-refractivity contribution >= 4 is 34.4 Å². The molecule has 0 unspecified atom stereocenters. The average molecular weight is 566 g/mol. The molecule has 1 atom stereocenters. The summed E-state index contributed by atoms with van der Waals surface area (Å²) >= 11 is 0. The van der Waals surface area contributed by atoms with Gasteiger partial charge in [0.05, 0.1) is 30.0 Å². The Kier molecular flexibility index (Phi) is 9.31. The summed E-state index contributed by atoms with van der Waals surface area (Å²) in [5.74, 6) is 0.714. The lowest BCUT2D eigenvalue weighted by Crippen LogP contribution is -2.37. The summed E-state index contributed by atoms with van der Waals surface area (Å²) in [6.45, 7) is 4.86. The molecule has 218 valence electrons. The molecule has 2 N–H and O–H groups in total. The van der Waals surface area contributed by atoms with Crippen LogP contribution in [0.1, 0.15) is 61.7 Å². The lowest BCUT2D eigenvalue weighted by atomic mass is 10.0. The van der Waals surface area contributed by atoms with Crippen LogP contribution in [0.5, 0.6) is 0 Å². The summed E-state index contributed by atoms with van der Waals surface area (Å²) in [6, 6.07) is 24.1. The Balaban J connectivity index is 1.17. The molecule has 1 saturated heterocycles. The molecule has 0 aliphatic carbocycles. The van der Waals surface area contributed by atoms with Crippen molar-refractivity contribution in [1.29, 1.82) is 0 Å². The highest BCUT2D eigenvalue weighted by atomic mass is 16.2. The maximum Gasteiger partial charge on any atom is 0.243 e. The van der Waals surface area contributed by atoms with Gasteiger partial charge in [0.2, 0.25) is 17.7 Å². The van der Waals surface area contributed by atoms with Gasteiger partial charge in [0.15, 0.2) is 0 Å². The molecule has 3 aromatic carbocycles. The predicted octanol–water partition coefficient (Wildman–Crippen LogP) is 5.45. The number of carbonyl (C=O) groups is 3. The van der Waals surface area contributed by atoms with E-state index in [1.807, 2.05) is 66.4 Å². The number of aryl methyl sites for hydroxylation is 2. The smallest absolute Gasteiger partial charge is 0.243 e. The van der Waals surface area contributed by atoms with E-state index >= 15 is 0 Å². The molecule has 8 heteroatoms. The van der Waals surface area contributed by atoms with E-state index in [9.17, 15) is 14.4 Å². The summed E-state index contributed by atoms with van der Waals surface area (Å²) in [5, 5.41) is 2.89. The summed E-state index contributed by atoms with van der Waals surface area (Å²) in [7, 11) is 0. The van der Waals surface area contributed by atoms with Gasteiger partial charge in [-0.2, -0.15) is 0 Å². The average Bonchev–Trinajstić information content (AvgIpc) is 3.64. The number of nitrogens with one attached hydrogen (secondary N) is 2. The molecule has 1 fully saturated rings. The number of fused-ring (bicyclic) bond motifs is 1. The fraction of sp³-hybridized carbons (Fsp3) is 0.353. The zero-order chi connectivity index (χ0) is 29.5. The third-order valence-corrected chi connectivity index (χ3v) is 7.86. The molecule has 0 radical (unpaired) electrons. The fourth-order valence-corrected chi connectivity index (χ4v) is 5.65. The Morgan fingerprint density at radius 3 is 2.45 bits per heavy atom. The van der Waals surface area contributed by atoms with Crippen molar-refractivity contribution < 1.29 is 14.4 Å². The molecular formula is C34H39N5O3. The Hall–Kier alpha value is -4.46. The van der Waals surface area contributed by atoms with Crippen molar-refractivity contribution in [3.8, 4) is 0 Å². The van der Waals surface area contributed by atoms with E-state index in [0.717, 1.165) is 66.8 Å². The number of amides is 3. The zero-order valence-corrected chi connectivity index (χ0v) is 24.4. The molecule has 5 rings (SSSR count). The third-order valence-electron chi connectivity index (χ3n) is 7.86. The van der Waals surface area contributed by atoms with Gasteiger partial charge in [-0.25, -0.2) is 4.98 Å². The van der Waals surface area contributed by atoms with Gasteiger partial charge in [-0.15, -0.1) is 0 Å². The van der Waals surface area contributed by atoms with Crippen LogP contribution >= 0.6 is 0 Å². The number of benzene rings is 3.